The Balaban J connectivity index is 2.56. The van der Waals surface area contributed by atoms with Gasteiger partial charge >= 0.3 is 5.97 Å². The van der Waals surface area contributed by atoms with Crippen LogP contribution in [0.25, 0.3) is 0 Å². The number of esters is 1. The van der Waals surface area contributed by atoms with Crippen LogP contribution in [0.1, 0.15) is 31.9 Å². The van der Waals surface area contributed by atoms with Crippen LogP contribution in [0.15, 0.2) is 18.2 Å². The fourth-order valence-electron chi connectivity index (χ4n) is 1.71. The van der Waals surface area contributed by atoms with Crippen LogP contribution in [0.2, 0.25) is 0 Å². The van der Waals surface area contributed by atoms with Crippen LogP contribution in [-0.4, -0.2) is 5.97 Å². The molecule has 0 fully saturated rings. The van der Waals surface area contributed by atoms with Crippen LogP contribution in [0.3, 0.4) is 0 Å². The molecule has 0 unspecified atom stereocenters. The molecule has 2 nitrogen and oxygen atoms in total. The fraction of sp³-hybridized carbons (Fsp3) is 0.417. The average Bonchev–Trinajstić information content (AvgIpc) is 2.38. The molecule has 1 aromatic carbocycles. The SMILES string of the molecule is CCc1ccc2c(c1)C(C)(C)C(=O)O2. The van der Waals surface area contributed by atoms with E-state index in [-0.39, 0.29) is 5.97 Å². The first kappa shape index (κ1) is 9.25. The van der Waals surface area contributed by atoms with Crippen LogP contribution >= 0.6 is 0 Å². The minimum Gasteiger partial charge on any atom is -0.426 e. The van der Waals surface area contributed by atoms with Crippen molar-refractivity contribution in [3.8, 4) is 5.75 Å². The Morgan fingerprint density at radius 1 is 1.36 bits per heavy atom. The highest BCUT2D eigenvalue weighted by Crippen LogP contribution is 2.39. The zero-order valence-electron chi connectivity index (χ0n) is 8.76. The van der Waals surface area contributed by atoms with Crippen molar-refractivity contribution in [3.05, 3.63) is 29.3 Å². The summed E-state index contributed by atoms with van der Waals surface area (Å²) in [4.78, 5) is 11.5. The molecule has 74 valence electrons. The van der Waals surface area contributed by atoms with Crippen molar-refractivity contribution in [2.45, 2.75) is 32.6 Å². The van der Waals surface area contributed by atoms with Gasteiger partial charge in [0, 0.05) is 5.56 Å². The lowest BCUT2D eigenvalue weighted by Gasteiger charge is -2.13. The highest BCUT2D eigenvalue weighted by Gasteiger charge is 2.40. The summed E-state index contributed by atoms with van der Waals surface area (Å²) in [6.45, 7) is 5.91. The summed E-state index contributed by atoms with van der Waals surface area (Å²) in [5.41, 5.74) is 1.78. The molecule has 2 rings (SSSR count). The zero-order valence-corrected chi connectivity index (χ0v) is 8.76. The maximum Gasteiger partial charge on any atom is 0.321 e. The standard InChI is InChI=1S/C12H14O2/c1-4-8-5-6-10-9(7-8)12(2,3)11(13)14-10/h5-7H,4H2,1-3H3. The molecular formula is C12H14O2. The number of hydrogen-bond acceptors (Lipinski definition) is 2. The number of carbonyl (C=O) groups excluding carboxylic acids is 1. The molecule has 0 spiro atoms. The summed E-state index contributed by atoms with van der Waals surface area (Å²) in [6, 6.07) is 5.97. The van der Waals surface area contributed by atoms with Gasteiger partial charge in [-0.2, -0.15) is 0 Å². The van der Waals surface area contributed by atoms with E-state index in [1.54, 1.807) is 0 Å². The summed E-state index contributed by atoms with van der Waals surface area (Å²) in [5, 5.41) is 0. The third-order valence-electron chi connectivity index (χ3n) is 2.84. The van der Waals surface area contributed by atoms with Crippen LogP contribution in [0.4, 0.5) is 0 Å². The van der Waals surface area contributed by atoms with Gasteiger partial charge in [-0.15, -0.1) is 0 Å². The predicted octanol–water partition coefficient (Wildman–Crippen LogP) is 2.45. The van der Waals surface area contributed by atoms with E-state index in [0.717, 1.165) is 17.7 Å². The van der Waals surface area contributed by atoms with Gasteiger partial charge in [-0.05, 0) is 31.9 Å². The number of rotatable bonds is 1. The van der Waals surface area contributed by atoms with Crippen molar-refractivity contribution in [2.75, 3.05) is 0 Å². The molecular weight excluding hydrogens is 176 g/mol. The largest absolute Gasteiger partial charge is 0.426 e. The summed E-state index contributed by atoms with van der Waals surface area (Å²) >= 11 is 0. The van der Waals surface area contributed by atoms with Crippen LogP contribution in [-0.2, 0) is 16.6 Å². The Morgan fingerprint density at radius 3 is 2.71 bits per heavy atom. The number of carbonyl (C=O) groups is 1. The second-order valence-electron chi connectivity index (χ2n) is 4.20. The number of ether oxygens (including phenoxy) is 1. The lowest BCUT2D eigenvalue weighted by Crippen LogP contribution is -2.25. The molecule has 0 saturated carbocycles. The van der Waals surface area contributed by atoms with Gasteiger partial charge in [-0.25, -0.2) is 0 Å². The second-order valence-corrected chi connectivity index (χ2v) is 4.20. The van der Waals surface area contributed by atoms with E-state index >= 15 is 0 Å². The number of fused-ring (bicyclic) bond motifs is 1. The van der Waals surface area contributed by atoms with Crippen molar-refractivity contribution >= 4 is 5.97 Å². The molecule has 1 aliphatic rings. The van der Waals surface area contributed by atoms with E-state index in [1.807, 2.05) is 26.0 Å². The van der Waals surface area contributed by atoms with Crippen molar-refractivity contribution in [2.24, 2.45) is 0 Å². The van der Waals surface area contributed by atoms with E-state index in [0.29, 0.717) is 0 Å². The quantitative estimate of drug-likeness (QED) is 0.502. The van der Waals surface area contributed by atoms with Gasteiger partial charge in [0.2, 0.25) is 0 Å². The lowest BCUT2D eigenvalue weighted by molar-refractivity contribution is -0.137. The molecule has 2 heteroatoms. The smallest absolute Gasteiger partial charge is 0.321 e. The van der Waals surface area contributed by atoms with Gasteiger partial charge in [0.1, 0.15) is 5.75 Å². The maximum absolute atomic E-state index is 11.5. The molecule has 1 aromatic rings. The Hall–Kier alpha value is -1.31. The second kappa shape index (κ2) is 2.84. The van der Waals surface area contributed by atoms with E-state index in [1.165, 1.54) is 5.56 Å². The van der Waals surface area contributed by atoms with Gasteiger partial charge in [0.05, 0.1) is 5.41 Å². The Labute approximate surface area is 83.9 Å². The summed E-state index contributed by atoms with van der Waals surface area (Å²) in [7, 11) is 0. The highest BCUT2D eigenvalue weighted by atomic mass is 16.5. The van der Waals surface area contributed by atoms with Crippen molar-refractivity contribution < 1.29 is 9.53 Å². The number of benzene rings is 1. The molecule has 0 N–H and O–H groups in total. The fourth-order valence-corrected chi connectivity index (χ4v) is 1.71. The molecule has 0 aromatic heterocycles. The Morgan fingerprint density at radius 2 is 2.07 bits per heavy atom. The molecule has 0 amide bonds. The molecule has 1 heterocycles. The summed E-state index contributed by atoms with van der Waals surface area (Å²) in [5.74, 6) is 0.568. The van der Waals surface area contributed by atoms with Crippen molar-refractivity contribution in [3.63, 3.8) is 0 Å². The van der Waals surface area contributed by atoms with Gasteiger partial charge in [-0.3, -0.25) is 4.79 Å². The van der Waals surface area contributed by atoms with Crippen molar-refractivity contribution in [1.82, 2.24) is 0 Å². The first-order chi connectivity index (χ1) is 6.55. The third-order valence-corrected chi connectivity index (χ3v) is 2.84. The maximum atomic E-state index is 11.5. The Kier molecular flexibility index (Phi) is 1.88. The van der Waals surface area contributed by atoms with Crippen LogP contribution in [0.5, 0.6) is 5.75 Å². The van der Waals surface area contributed by atoms with E-state index in [4.69, 9.17) is 4.74 Å². The molecule has 0 radical (unpaired) electrons. The monoisotopic (exact) mass is 190 g/mol. The van der Waals surface area contributed by atoms with Crippen LogP contribution in [0, 0.1) is 0 Å². The Bertz CT molecular complexity index is 391. The summed E-state index contributed by atoms with van der Waals surface area (Å²) in [6.07, 6.45) is 0.984. The summed E-state index contributed by atoms with van der Waals surface area (Å²) < 4.78 is 5.18. The third kappa shape index (κ3) is 1.14. The predicted molar refractivity (Wildman–Crippen MR) is 54.5 cm³/mol. The van der Waals surface area contributed by atoms with E-state index < -0.39 is 5.41 Å². The molecule has 1 aliphatic heterocycles. The molecule has 0 bridgehead atoms. The topological polar surface area (TPSA) is 26.3 Å². The normalized spacial score (nSPS) is 17.8. The van der Waals surface area contributed by atoms with E-state index in [9.17, 15) is 4.79 Å². The molecule has 0 aliphatic carbocycles. The van der Waals surface area contributed by atoms with E-state index in [2.05, 4.69) is 13.0 Å². The average molecular weight is 190 g/mol. The van der Waals surface area contributed by atoms with Crippen molar-refractivity contribution in [1.29, 1.82) is 0 Å². The minimum absolute atomic E-state index is 0.152. The molecule has 0 saturated heterocycles. The lowest BCUT2D eigenvalue weighted by atomic mass is 9.85. The van der Waals surface area contributed by atoms with Gasteiger partial charge < -0.3 is 4.74 Å². The molecule has 0 atom stereocenters. The minimum atomic E-state index is -0.486. The first-order valence-electron chi connectivity index (χ1n) is 4.91. The van der Waals surface area contributed by atoms with Gasteiger partial charge in [-0.1, -0.05) is 19.1 Å². The first-order valence-corrected chi connectivity index (χ1v) is 4.91. The highest BCUT2D eigenvalue weighted by molar-refractivity contribution is 5.89. The molecule has 14 heavy (non-hydrogen) atoms. The van der Waals surface area contributed by atoms with Gasteiger partial charge in [0.15, 0.2) is 0 Å². The van der Waals surface area contributed by atoms with Crippen LogP contribution < -0.4 is 4.74 Å². The zero-order chi connectivity index (χ0) is 10.3. The van der Waals surface area contributed by atoms with Gasteiger partial charge in [0.25, 0.3) is 0 Å². The number of aryl methyl sites for hydroxylation is 1. The number of hydrogen-bond donors (Lipinski definition) is 0.